The molecule has 29 heavy (non-hydrogen) atoms. The molecule has 1 aliphatic heterocycles. The van der Waals surface area contributed by atoms with Crippen LogP contribution in [-0.4, -0.2) is 52.9 Å². The maximum atomic E-state index is 13.3. The van der Waals surface area contributed by atoms with E-state index >= 15 is 0 Å². The van der Waals surface area contributed by atoms with Gasteiger partial charge in [0.2, 0.25) is 5.91 Å². The number of imidazole rings is 1. The van der Waals surface area contributed by atoms with Gasteiger partial charge >= 0.3 is 0 Å². The first-order chi connectivity index (χ1) is 13.9. The van der Waals surface area contributed by atoms with Crippen LogP contribution in [0.4, 0.5) is 0 Å². The third-order valence-electron chi connectivity index (χ3n) is 6.20. The molecule has 0 spiro atoms. The van der Waals surface area contributed by atoms with Gasteiger partial charge in [0.1, 0.15) is 11.9 Å². The van der Waals surface area contributed by atoms with Crippen molar-refractivity contribution in [3.8, 4) is 0 Å². The molecule has 2 N–H and O–H groups in total. The molecular weight excluding hydrogens is 366 g/mol. The fourth-order valence-corrected chi connectivity index (χ4v) is 4.71. The molecule has 1 saturated carbocycles. The van der Waals surface area contributed by atoms with E-state index in [0.29, 0.717) is 24.0 Å². The summed E-state index contributed by atoms with van der Waals surface area (Å²) in [6, 6.07) is -0.536. The number of rotatable bonds is 6. The number of fused-ring (bicyclic) bond motifs is 1. The smallest absolute Gasteiger partial charge is 0.272 e. The van der Waals surface area contributed by atoms with Gasteiger partial charge in [-0.05, 0) is 45.2 Å². The zero-order chi connectivity index (χ0) is 21.0. The molecule has 2 aliphatic rings. The minimum Gasteiger partial charge on any atom is -0.357 e. The Balaban J connectivity index is 1.91. The van der Waals surface area contributed by atoms with Crippen LogP contribution in [0.1, 0.15) is 86.7 Å². The third kappa shape index (κ3) is 5.18. The Morgan fingerprint density at radius 2 is 1.86 bits per heavy atom. The summed E-state index contributed by atoms with van der Waals surface area (Å²) in [6.07, 6.45) is 7.75. The van der Waals surface area contributed by atoms with Crippen molar-refractivity contribution in [1.82, 2.24) is 25.1 Å². The maximum absolute atomic E-state index is 13.3. The lowest BCUT2D eigenvalue weighted by Crippen LogP contribution is -2.46. The molecule has 0 aromatic carbocycles. The van der Waals surface area contributed by atoms with Gasteiger partial charge in [-0.2, -0.15) is 0 Å². The highest BCUT2D eigenvalue weighted by atomic mass is 16.2. The second-order valence-corrected chi connectivity index (χ2v) is 9.11. The van der Waals surface area contributed by atoms with E-state index in [-0.39, 0.29) is 11.8 Å². The van der Waals surface area contributed by atoms with Crippen molar-refractivity contribution >= 4 is 11.8 Å². The van der Waals surface area contributed by atoms with Crippen LogP contribution >= 0.6 is 0 Å². The van der Waals surface area contributed by atoms with Gasteiger partial charge in [-0.25, -0.2) is 4.98 Å². The Morgan fingerprint density at radius 3 is 2.52 bits per heavy atom. The zero-order valence-electron chi connectivity index (χ0n) is 18.5. The second-order valence-electron chi connectivity index (χ2n) is 9.11. The number of hydrogen-bond acceptors (Lipinski definition) is 4. The average molecular weight is 404 g/mol. The molecule has 0 bridgehead atoms. The molecule has 3 rings (SSSR count). The van der Waals surface area contributed by atoms with Crippen LogP contribution < -0.4 is 10.6 Å². The number of likely N-dealkylation sites (N-methyl/N-ethyl adjacent to an activating group) is 1. The predicted octanol–water partition coefficient (Wildman–Crippen LogP) is 2.66. The van der Waals surface area contributed by atoms with E-state index in [2.05, 4.69) is 41.0 Å². The number of carbonyl (C=O) groups is 2. The molecule has 2 amide bonds. The molecule has 1 atom stereocenters. The van der Waals surface area contributed by atoms with Gasteiger partial charge < -0.3 is 20.1 Å². The minimum absolute atomic E-state index is 0.151. The number of carbonyl (C=O) groups excluding carboxylic acids is 2. The van der Waals surface area contributed by atoms with Crippen molar-refractivity contribution in [3.05, 3.63) is 17.2 Å². The SMILES string of the molecule is CNC(=O)[C@H](CC(C)C)NC(=O)c1nc(C2CCCCC2)n2c1CN(C)CCC2. The Bertz CT molecular complexity index is 721. The Hall–Kier alpha value is -1.89. The topological polar surface area (TPSA) is 79.3 Å². The highest BCUT2D eigenvalue weighted by Crippen LogP contribution is 2.34. The highest BCUT2D eigenvalue weighted by Gasteiger charge is 2.31. The number of aromatic nitrogens is 2. The molecule has 7 heteroatoms. The largest absolute Gasteiger partial charge is 0.357 e. The van der Waals surface area contributed by atoms with Crippen molar-refractivity contribution in [2.75, 3.05) is 20.6 Å². The normalized spacial score (nSPS) is 19.5. The van der Waals surface area contributed by atoms with Gasteiger partial charge in [-0.3, -0.25) is 9.59 Å². The fraction of sp³-hybridized carbons (Fsp3) is 0.773. The molecule has 0 saturated heterocycles. The summed E-state index contributed by atoms with van der Waals surface area (Å²) in [5, 5.41) is 5.65. The number of nitrogens with one attached hydrogen (secondary N) is 2. The number of nitrogens with zero attached hydrogens (tertiary/aromatic N) is 3. The number of hydrogen-bond donors (Lipinski definition) is 2. The van der Waals surface area contributed by atoms with Crippen molar-refractivity contribution in [1.29, 1.82) is 0 Å². The Labute approximate surface area is 174 Å². The summed E-state index contributed by atoms with van der Waals surface area (Å²) in [5.41, 5.74) is 1.51. The molecule has 0 radical (unpaired) electrons. The van der Waals surface area contributed by atoms with Gasteiger partial charge in [0, 0.05) is 26.1 Å². The third-order valence-corrected chi connectivity index (χ3v) is 6.20. The van der Waals surface area contributed by atoms with Crippen LogP contribution in [0, 0.1) is 5.92 Å². The summed E-state index contributed by atoms with van der Waals surface area (Å²) in [5.74, 6) is 1.46. The maximum Gasteiger partial charge on any atom is 0.272 e. The van der Waals surface area contributed by atoms with Gasteiger partial charge in [0.05, 0.1) is 5.69 Å². The quantitative estimate of drug-likeness (QED) is 0.765. The van der Waals surface area contributed by atoms with Crippen molar-refractivity contribution < 1.29 is 9.59 Å². The summed E-state index contributed by atoms with van der Waals surface area (Å²) >= 11 is 0. The molecule has 162 valence electrons. The number of amides is 2. The van der Waals surface area contributed by atoms with Crippen LogP contribution in [-0.2, 0) is 17.9 Å². The Kier molecular flexibility index (Phi) is 7.33. The average Bonchev–Trinajstić information content (AvgIpc) is 2.94. The van der Waals surface area contributed by atoms with E-state index in [1.165, 1.54) is 19.3 Å². The summed E-state index contributed by atoms with van der Waals surface area (Å²) in [6.45, 7) is 6.76. The van der Waals surface area contributed by atoms with Crippen molar-refractivity contribution in [3.63, 3.8) is 0 Å². The fourth-order valence-electron chi connectivity index (χ4n) is 4.71. The summed E-state index contributed by atoms with van der Waals surface area (Å²) in [4.78, 5) is 32.7. The summed E-state index contributed by atoms with van der Waals surface area (Å²) < 4.78 is 2.31. The zero-order valence-corrected chi connectivity index (χ0v) is 18.5. The monoisotopic (exact) mass is 403 g/mol. The van der Waals surface area contributed by atoms with E-state index in [1.807, 2.05) is 0 Å². The molecule has 2 heterocycles. The molecule has 1 aromatic rings. The van der Waals surface area contributed by atoms with Crippen LogP contribution in [0.2, 0.25) is 0 Å². The van der Waals surface area contributed by atoms with Crippen LogP contribution in [0.25, 0.3) is 0 Å². The lowest BCUT2D eigenvalue weighted by Gasteiger charge is -2.22. The van der Waals surface area contributed by atoms with Crippen LogP contribution in [0.15, 0.2) is 0 Å². The first kappa shape index (κ1) is 21.8. The molecular formula is C22H37N5O2. The van der Waals surface area contributed by atoms with Crippen molar-refractivity contribution in [2.45, 2.75) is 83.8 Å². The highest BCUT2D eigenvalue weighted by molar-refractivity contribution is 5.97. The van der Waals surface area contributed by atoms with Gasteiger partial charge in [-0.15, -0.1) is 0 Å². The molecule has 1 aromatic heterocycles. The molecule has 1 aliphatic carbocycles. The minimum atomic E-state index is -0.536. The van der Waals surface area contributed by atoms with E-state index in [1.54, 1.807) is 7.05 Å². The second kappa shape index (κ2) is 9.74. The van der Waals surface area contributed by atoms with Crippen LogP contribution in [0.3, 0.4) is 0 Å². The van der Waals surface area contributed by atoms with Crippen LogP contribution in [0.5, 0.6) is 0 Å². The van der Waals surface area contributed by atoms with E-state index in [4.69, 9.17) is 4.98 Å². The molecule has 0 unspecified atom stereocenters. The standard InChI is InChI=1S/C22H37N5O2/c1-15(2)13-17(21(28)23-3)24-22(29)19-18-14-26(4)11-8-12-27(18)20(25-19)16-9-6-5-7-10-16/h15-17H,5-14H2,1-4H3,(H,23,28)(H,24,29)/t17-/m0/s1. The van der Waals surface area contributed by atoms with E-state index < -0.39 is 6.04 Å². The summed E-state index contributed by atoms with van der Waals surface area (Å²) in [7, 11) is 3.71. The van der Waals surface area contributed by atoms with Gasteiger partial charge in [-0.1, -0.05) is 33.1 Å². The molecule has 7 nitrogen and oxygen atoms in total. The first-order valence-electron chi connectivity index (χ1n) is 11.2. The lowest BCUT2D eigenvalue weighted by atomic mass is 9.88. The van der Waals surface area contributed by atoms with E-state index in [9.17, 15) is 9.59 Å². The Morgan fingerprint density at radius 1 is 1.14 bits per heavy atom. The van der Waals surface area contributed by atoms with Gasteiger partial charge in [0.25, 0.3) is 5.91 Å². The lowest BCUT2D eigenvalue weighted by molar-refractivity contribution is -0.122. The van der Waals surface area contributed by atoms with Crippen molar-refractivity contribution in [2.24, 2.45) is 5.92 Å². The molecule has 1 fully saturated rings. The van der Waals surface area contributed by atoms with Gasteiger partial charge in [0.15, 0.2) is 5.69 Å². The predicted molar refractivity (Wildman–Crippen MR) is 114 cm³/mol. The van der Waals surface area contributed by atoms with E-state index in [0.717, 1.165) is 50.4 Å². The first-order valence-corrected chi connectivity index (χ1v) is 11.2.